The van der Waals surface area contributed by atoms with Gasteiger partial charge in [0, 0.05) is 17.3 Å². The van der Waals surface area contributed by atoms with Gasteiger partial charge < -0.3 is 10.1 Å². The van der Waals surface area contributed by atoms with Crippen LogP contribution in [0.3, 0.4) is 0 Å². The standard InChI is InChI=1S/C21H19Cl2F2N3O2S/c1-12(2)27-19(29)11-31-21-26-10-18(13-3-8-16(22)17(23)9-13)28(21)14-4-6-15(7-5-14)30-20(24)25/h3-10,12,20H,11H2,1-2H3,(H,27,29). The predicted molar refractivity (Wildman–Crippen MR) is 120 cm³/mol. The molecule has 0 saturated heterocycles. The van der Waals surface area contributed by atoms with E-state index in [4.69, 9.17) is 23.2 Å². The highest BCUT2D eigenvalue weighted by Crippen LogP contribution is 2.33. The van der Waals surface area contributed by atoms with Crippen LogP contribution in [-0.2, 0) is 4.79 Å². The van der Waals surface area contributed by atoms with Gasteiger partial charge in [0.1, 0.15) is 5.75 Å². The molecule has 3 rings (SSSR count). The Morgan fingerprint density at radius 3 is 2.48 bits per heavy atom. The van der Waals surface area contributed by atoms with Gasteiger partial charge in [-0.05, 0) is 50.2 Å². The van der Waals surface area contributed by atoms with Crippen LogP contribution in [-0.4, -0.2) is 33.9 Å². The number of ether oxygens (including phenoxy) is 1. The summed E-state index contributed by atoms with van der Waals surface area (Å²) in [7, 11) is 0. The average molecular weight is 486 g/mol. The summed E-state index contributed by atoms with van der Waals surface area (Å²) >= 11 is 13.5. The van der Waals surface area contributed by atoms with E-state index in [1.807, 2.05) is 18.4 Å². The number of halogens is 4. The van der Waals surface area contributed by atoms with Gasteiger partial charge >= 0.3 is 6.61 Å². The summed E-state index contributed by atoms with van der Waals surface area (Å²) in [5, 5.41) is 4.20. The second-order valence-corrected chi connectivity index (χ2v) is 8.53. The molecule has 1 heterocycles. The molecular weight excluding hydrogens is 467 g/mol. The highest BCUT2D eigenvalue weighted by atomic mass is 35.5. The van der Waals surface area contributed by atoms with Crippen molar-refractivity contribution in [3.8, 4) is 22.7 Å². The van der Waals surface area contributed by atoms with Crippen LogP contribution in [0.15, 0.2) is 53.8 Å². The van der Waals surface area contributed by atoms with Gasteiger partial charge in [-0.1, -0.05) is 41.0 Å². The number of hydrogen-bond donors (Lipinski definition) is 1. The predicted octanol–water partition coefficient (Wildman–Crippen LogP) is 6.06. The fraction of sp³-hybridized carbons (Fsp3) is 0.238. The van der Waals surface area contributed by atoms with E-state index < -0.39 is 6.61 Å². The zero-order valence-electron chi connectivity index (χ0n) is 16.6. The Balaban J connectivity index is 1.98. The number of imidazole rings is 1. The van der Waals surface area contributed by atoms with Gasteiger partial charge in [0.2, 0.25) is 5.91 Å². The van der Waals surface area contributed by atoms with E-state index in [9.17, 15) is 13.6 Å². The molecule has 0 radical (unpaired) electrons. The number of alkyl halides is 2. The molecule has 0 fully saturated rings. The van der Waals surface area contributed by atoms with Crippen LogP contribution in [0.2, 0.25) is 10.0 Å². The number of carbonyl (C=O) groups excluding carboxylic acids is 1. The minimum absolute atomic E-state index is 0.0296. The molecule has 164 valence electrons. The number of nitrogens with one attached hydrogen (secondary N) is 1. The molecule has 1 amide bonds. The maximum absolute atomic E-state index is 12.5. The normalized spacial score (nSPS) is 11.2. The molecule has 1 N–H and O–H groups in total. The first-order chi connectivity index (χ1) is 14.7. The Labute approximate surface area is 192 Å². The van der Waals surface area contributed by atoms with Crippen molar-refractivity contribution in [3.05, 3.63) is 58.7 Å². The molecule has 0 aliphatic rings. The highest BCUT2D eigenvalue weighted by Gasteiger charge is 2.17. The maximum Gasteiger partial charge on any atom is 0.387 e. The third-order valence-electron chi connectivity index (χ3n) is 4.05. The highest BCUT2D eigenvalue weighted by molar-refractivity contribution is 7.99. The molecular formula is C21H19Cl2F2N3O2S. The molecule has 0 bridgehead atoms. The number of thioether (sulfide) groups is 1. The molecule has 0 atom stereocenters. The number of hydrogen-bond acceptors (Lipinski definition) is 4. The third-order valence-corrected chi connectivity index (χ3v) is 5.74. The summed E-state index contributed by atoms with van der Waals surface area (Å²) in [4.78, 5) is 16.6. The van der Waals surface area contributed by atoms with Crippen LogP contribution in [0.25, 0.3) is 16.9 Å². The quantitative estimate of drug-likeness (QED) is 0.393. The fourth-order valence-corrected chi connectivity index (χ4v) is 3.92. The summed E-state index contributed by atoms with van der Waals surface area (Å²) in [5.74, 6) is 0.0922. The molecule has 2 aromatic carbocycles. The topological polar surface area (TPSA) is 56.2 Å². The first-order valence-corrected chi connectivity index (χ1v) is 11.0. The third kappa shape index (κ3) is 6.12. The molecule has 0 saturated carbocycles. The molecule has 31 heavy (non-hydrogen) atoms. The average Bonchev–Trinajstić information content (AvgIpc) is 3.12. The van der Waals surface area contributed by atoms with Gasteiger partial charge in [-0.15, -0.1) is 0 Å². The van der Waals surface area contributed by atoms with E-state index in [2.05, 4.69) is 15.0 Å². The Morgan fingerprint density at radius 1 is 1.16 bits per heavy atom. The van der Waals surface area contributed by atoms with Gasteiger partial charge in [-0.25, -0.2) is 4.98 Å². The lowest BCUT2D eigenvalue weighted by Gasteiger charge is -2.14. The van der Waals surface area contributed by atoms with Crippen LogP contribution < -0.4 is 10.1 Å². The summed E-state index contributed by atoms with van der Waals surface area (Å²) < 4.78 is 31.2. The lowest BCUT2D eigenvalue weighted by atomic mass is 10.1. The molecule has 3 aromatic rings. The van der Waals surface area contributed by atoms with Crippen molar-refractivity contribution in [2.24, 2.45) is 0 Å². The number of nitrogens with zero attached hydrogens (tertiary/aromatic N) is 2. The molecule has 0 spiro atoms. The van der Waals surface area contributed by atoms with Crippen molar-refractivity contribution in [1.82, 2.24) is 14.9 Å². The Kier molecular flexibility index (Phi) is 7.80. The van der Waals surface area contributed by atoms with Crippen LogP contribution >= 0.6 is 35.0 Å². The Morgan fingerprint density at radius 2 is 1.87 bits per heavy atom. The molecule has 0 aliphatic carbocycles. The van der Waals surface area contributed by atoms with Crippen molar-refractivity contribution >= 4 is 40.9 Å². The lowest BCUT2D eigenvalue weighted by molar-refractivity contribution is -0.119. The van der Waals surface area contributed by atoms with Crippen LogP contribution in [0, 0.1) is 0 Å². The second-order valence-electron chi connectivity index (χ2n) is 6.77. The number of carbonyl (C=O) groups is 1. The molecule has 5 nitrogen and oxygen atoms in total. The van der Waals surface area contributed by atoms with E-state index in [1.54, 1.807) is 36.5 Å². The Bertz CT molecular complexity index is 1060. The van der Waals surface area contributed by atoms with Crippen LogP contribution in [0.1, 0.15) is 13.8 Å². The van der Waals surface area contributed by atoms with Crippen molar-refractivity contribution in [3.63, 3.8) is 0 Å². The van der Waals surface area contributed by atoms with E-state index in [-0.39, 0.29) is 23.5 Å². The van der Waals surface area contributed by atoms with Gasteiger partial charge in [-0.2, -0.15) is 8.78 Å². The first-order valence-electron chi connectivity index (χ1n) is 9.25. The second kappa shape index (κ2) is 10.3. The number of amides is 1. The smallest absolute Gasteiger partial charge is 0.387 e. The SMILES string of the molecule is CC(C)NC(=O)CSc1ncc(-c2ccc(Cl)c(Cl)c2)n1-c1ccc(OC(F)F)cc1. The van der Waals surface area contributed by atoms with Gasteiger partial charge in [0.15, 0.2) is 5.16 Å². The monoisotopic (exact) mass is 485 g/mol. The summed E-state index contributed by atoms with van der Waals surface area (Å²) in [6.07, 6.45) is 1.66. The van der Waals surface area contributed by atoms with E-state index >= 15 is 0 Å². The molecule has 0 unspecified atom stereocenters. The van der Waals surface area contributed by atoms with Gasteiger partial charge in [-0.3, -0.25) is 9.36 Å². The number of rotatable bonds is 8. The summed E-state index contributed by atoms with van der Waals surface area (Å²) in [5.41, 5.74) is 2.12. The van der Waals surface area contributed by atoms with Crippen LogP contribution in [0.5, 0.6) is 5.75 Å². The van der Waals surface area contributed by atoms with Gasteiger partial charge in [0.25, 0.3) is 0 Å². The maximum atomic E-state index is 12.5. The van der Waals surface area contributed by atoms with E-state index in [0.717, 1.165) is 5.56 Å². The van der Waals surface area contributed by atoms with E-state index in [0.29, 0.717) is 26.6 Å². The lowest BCUT2D eigenvalue weighted by Crippen LogP contribution is -2.31. The van der Waals surface area contributed by atoms with Crippen molar-refractivity contribution in [1.29, 1.82) is 0 Å². The number of benzene rings is 2. The summed E-state index contributed by atoms with van der Waals surface area (Å²) in [6, 6.07) is 11.4. The minimum atomic E-state index is -2.91. The summed E-state index contributed by atoms with van der Waals surface area (Å²) in [6.45, 7) is 0.862. The largest absolute Gasteiger partial charge is 0.435 e. The molecule has 1 aromatic heterocycles. The van der Waals surface area contributed by atoms with Crippen molar-refractivity contribution in [2.45, 2.75) is 31.7 Å². The minimum Gasteiger partial charge on any atom is -0.435 e. The first kappa shape index (κ1) is 23.4. The van der Waals surface area contributed by atoms with Crippen molar-refractivity contribution < 1.29 is 18.3 Å². The van der Waals surface area contributed by atoms with E-state index in [1.165, 1.54) is 23.9 Å². The molecule has 0 aliphatic heterocycles. The fourth-order valence-electron chi connectivity index (χ4n) is 2.82. The Hall–Kier alpha value is -2.29. The zero-order chi connectivity index (χ0) is 22.5. The van der Waals surface area contributed by atoms with Crippen LogP contribution in [0.4, 0.5) is 8.78 Å². The van der Waals surface area contributed by atoms with Gasteiger partial charge in [0.05, 0.1) is 27.7 Å². The number of aromatic nitrogens is 2. The van der Waals surface area contributed by atoms with Crippen molar-refractivity contribution in [2.75, 3.05) is 5.75 Å². The molecule has 10 heteroatoms. The zero-order valence-corrected chi connectivity index (χ0v) is 18.9.